The first kappa shape index (κ1) is 19.1. The van der Waals surface area contributed by atoms with Crippen molar-refractivity contribution >= 4 is 11.0 Å². The molecule has 4 aromatic rings. The van der Waals surface area contributed by atoms with Crippen LogP contribution in [0.4, 0.5) is 0 Å². The third kappa shape index (κ3) is 4.79. The second kappa shape index (κ2) is 8.84. The molecule has 0 atom stereocenters. The molecule has 0 unspecified atom stereocenters. The lowest BCUT2D eigenvalue weighted by atomic mass is 10.1. The summed E-state index contributed by atoms with van der Waals surface area (Å²) in [4.78, 5) is 19.4. The van der Waals surface area contributed by atoms with Gasteiger partial charge in [-0.05, 0) is 48.7 Å². The Hall–Kier alpha value is -3.24. The fourth-order valence-corrected chi connectivity index (χ4v) is 3.53. The number of aromatic nitrogens is 1. The molecule has 0 aliphatic rings. The molecule has 0 radical (unpaired) electrons. The quantitative estimate of drug-likeness (QED) is 0.462. The normalized spacial score (nSPS) is 11.2. The maximum absolute atomic E-state index is 13.0. The Bertz CT molecular complexity index is 1140. The van der Waals surface area contributed by atoms with Gasteiger partial charge in [0.2, 0.25) is 0 Å². The van der Waals surface area contributed by atoms with E-state index in [2.05, 4.69) is 34.1 Å². The predicted molar refractivity (Wildman–Crippen MR) is 116 cm³/mol. The molecular formula is C25H24N2O2. The SMILES string of the molecule is Cc1ccc2occ(CN(CCc3ccccc3)Cc3ccncc3)c(=O)c2c1. The third-order valence-electron chi connectivity index (χ3n) is 5.11. The molecule has 4 rings (SSSR count). The predicted octanol–water partition coefficient (Wildman–Crippen LogP) is 4.74. The van der Waals surface area contributed by atoms with Crippen molar-refractivity contribution < 1.29 is 4.42 Å². The van der Waals surface area contributed by atoms with E-state index in [4.69, 9.17) is 4.42 Å². The minimum atomic E-state index is 0.0504. The van der Waals surface area contributed by atoms with Gasteiger partial charge in [0, 0.05) is 37.6 Å². The van der Waals surface area contributed by atoms with Gasteiger partial charge < -0.3 is 4.42 Å². The summed E-state index contributed by atoms with van der Waals surface area (Å²) in [7, 11) is 0. The summed E-state index contributed by atoms with van der Waals surface area (Å²) in [5, 5.41) is 0.648. The topological polar surface area (TPSA) is 46.3 Å². The third-order valence-corrected chi connectivity index (χ3v) is 5.11. The molecule has 2 aromatic carbocycles. The van der Waals surface area contributed by atoms with Gasteiger partial charge >= 0.3 is 0 Å². The van der Waals surface area contributed by atoms with Crippen LogP contribution in [0.5, 0.6) is 0 Å². The van der Waals surface area contributed by atoms with E-state index < -0.39 is 0 Å². The van der Waals surface area contributed by atoms with Gasteiger partial charge in [-0.25, -0.2) is 0 Å². The molecule has 0 saturated carbocycles. The average molecular weight is 384 g/mol. The van der Waals surface area contributed by atoms with Crippen LogP contribution in [0.15, 0.2) is 88.5 Å². The fraction of sp³-hybridized carbons (Fsp3) is 0.200. The molecule has 0 N–H and O–H groups in total. The highest BCUT2D eigenvalue weighted by Crippen LogP contribution is 2.15. The van der Waals surface area contributed by atoms with E-state index in [1.807, 2.05) is 43.3 Å². The Kier molecular flexibility index (Phi) is 5.82. The monoisotopic (exact) mass is 384 g/mol. The van der Waals surface area contributed by atoms with Crippen molar-refractivity contribution in [1.29, 1.82) is 0 Å². The largest absolute Gasteiger partial charge is 0.464 e. The zero-order valence-electron chi connectivity index (χ0n) is 16.5. The molecule has 0 fully saturated rings. The molecule has 0 aliphatic heterocycles. The average Bonchev–Trinajstić information content (AvgIpc) is 2.76. The van der Waals surface area contributed by atoms with Crippen LogP contribution in [0.25, 0.3) is 11.0 Å². The maximum Gasteiger partial charge on any atom is 0.197 e. The Morgan fingerprint density at radius 2 is 1.72 bits per heavy atom. The van der Waals surface area contributed by atoms with Gasteiger partial charge in [-0.1, -0.05) is 42.0 Å². The van der Waals surface area contributed by atoms with Crippen molar-refractivity contribution in [3.8, 4) is 0 Å². The standard InChI is InChI=1S/C25H24N2O2/c1-19-7-8-24-23(15-19)25(28)22(18-29-24)17-27(16-21-9-12-26-13-10-21)14-11-20-5-3-2-4-6-20/h2-10,12-13,15,18H,11,14,16-17H2,1H3. The maximum atomic E-state index is 13.0. The number of rotatable bonds is 7. The lowest BCUT2D eigenvalue weighted by Crippen LogP contribution is -2.28. The van der Waals surface area contributed by atoms with E-state index in [9.17, 15) is 4.79 Å². The van der Waals surface area contributed by atoms with Crippen LogP contribution in [0.1, 0.15) is 22.3 Å². The fourth-order valence-electron chi connectivity index (χ4n) is 3.53. The summed E-state index contributed by atoms with van der Waals surface area (Å²) in [6, 6.07) is 20.2. The number of pyridine rings is 1. The highest BCUT2D eigenvalue weighted by molar-refractivity contribution is 5.77. The first-order chi connectivity index (χ1) is 14.2. The number of nitrogens with zero attached hydrogens (tertiary/aromatic N) is 2. The Balaban J connectivity index is 1.59. The summed E-state index contributed by atoms with van der Waals surface area (Å²) >= 11 is 0. The van der Waals surface area contributed by atoms with Crippen LogP contribution in [0.2, 0.25) is 0 Å². The summed E-state index contributed by atoms with van der Waals surface area (Å²) in [6.45, 7) is 4.13. The van der Waals surface area contributed by atoms with Crippen molar-refractivity contribution in [1.82, 2.24) is 9.88 Å². The number of benzene rings is 2. The Morgan fingerprint density at radius 3 is 2.52 bits per heavy atom. The zero-order valence-corrected chi connectivity index (χ0v) is 16.5. The highest BCUT2D eigenvalue weighted by atomic mass is 16.3. The van der Waals surface area contributed by atoms with Crippen LogP contribution in [-0.2, 0) is 19.5 Å². The van der Waals surface area contributed by atoms with Crippen molar-refractivity contribution in [3.05, 3.63) is 112 Å². The van der Waals surface area contributed by atoms with Crippen molar-refractivity contribution in [2.24, 2.45) is 0 Å². The molecule has 2 aromatic heterocycles. The van der Waals surface area contributed by atoms with E-state index >= 15 is 0 Å². The zero-order chi connectivity index (χ0) is 20.1. The summed E-state index contributed by atoms with van der Waals surface area (Å²) in [5.41, 5.74) is 4.89. The Labute approximate surface area is 170 Å². The van der Waals surface area contributed by atoms with Gasteiger partial charge in [-0.2, -0.15) is 0 Å². The summed E-state index contributed by atoms with van der Waals surface area (Å²) in [6.07, 6.45) is 6.14. The van der Waals surface area contributed by atoms with E-state index in [0.29, 0.717) is 23.1 Å². The van der Waals surface area contributed by atoms with Crippen LogP contribution in [0, 0.1) is 6.92 Å². The molecule has 0 spiro atoms. The molecule has 0 saturated heterocycles. The molecule has 0 aliphatic carbocycles. The number of hydrogen-bond acceptors (Lipinski definition) is 4. The second-order valence-corrected chi connectivity index (χ2v) is 7.39. The first-order valence-corrected chi connectivity index (χ1v) is 9.85. The van der Waals surface area contributed by atoms with Gasteiger partial charge in [-0.15, -0.1) is 0 Å². The summed E-state index contributed by atoms with van der Waals surface area (Å²) < 4.78 is 5.76. The van der Waals surface area contributed by atoms with Gasteiger partial charge in [0.25, 0.3) is 0 Å². The van der Waals surface area contributed by atoms with Gasteiger partial charge in [-0.3, -0.25) is 14.7 Å². The smallest absolute Gasteiger partial charge is 0.197 e. The molecule has 2 heterocycles. The molecule has 146 valence electrons. The van der Waals surface area contributed by atoms with Gasteiger partial charge in [0.15, 0.2) is 5.43 Å². The van der Waals surface area contributed by atoms with E-state index in [1.165, 1.54) is 11.1 Å². The molecule has 0 bridgehead atoms. The summed E-state index contributed by atoms with van der Waals surface area (Å²) in [5.74, 6) is 0. The lowest BCUT2D eigenvalue weighted by Gasteiger charge is -2.22. The minimum Gasteiger partial charge on any atom is -0.464 e. The van der Waals surface area contributed by atoms with Crippen LogP contribution >= 0.6 is 0 Å². The van der Waals surface area contributed by atoms with Gasteiger partial charge in [0.05, 0.1) is 11.6 Å². The van der Waals surface area contributed by atoms with Crippen molar-refractivity contribution in [2.45, 2.75) is 26.4 Å². The number of aryl methyl sites for hydroxylation is 1. The van der Waals surface area contributed by atoms with Gasteiger partial charge in [0.1, 0.15) is 5.58 Å². The Morgan fingerprint density at radius 1 is 0.931 bits per heavy atom. The van der Waals surface area contributed by atoms with E-state index in [1.54, 1.807) is 18.7 Å². The van der Waals surface area contributed by atoms with E-state index in [-0.39, 0.29) is 5.43 Å². The lowest BCUT2D eigenvalue weighted by molar-refractivity contribution is 0.257. The molecule has 4 nitrogen and oxygen atoms in total. The molecule has 0 amide bonds. The molecule has 29 heavy (non-hydrogen) atoms. The number of hydrogen-bond donors (Lipinski definition) is 0. The van der Waals surface area contributed by atoms with Crippen molar-refractivity contribution in [3.63, 3.8) is 0 Å². The van der Waals surface area contributed by atoms with Crippen molar-refractivity contribution in [2.75, 3.05) is 6.54 Å². The minimum absolute atomic E-state index is 0.0504. The van der Waals surface area contributed by atoms with Crippen LogP contribution in [0.3, 0.4) is 0 Å². The molecule has 4 heteroatoms. The number of fused-ring (bicyclic) bond motifs is 1. The second-order valence-electron chi connectivity index (χ2n) is 7.39. The highest BCUT2D eigenvalue weighted by Gasteiger charge is 2.13. The molecular weight excluding hydrogens is 360 g/mol. The van der Waals surface area contributed by atoms with Crippen LogP contribution in [-0.4, -0.2) is 16.4 Å². The first-order valence-electron chi connectivity index (χ1n) is 9.85. The van der Waals surface area contributed by atoms with Crippen LogP contribution < -0.4 is 5.43 Å². The van der Waals surface area contributed by atoms with E-state index in [0.717, 1.165) is 25.1 Å².